The van der Waals surface area contributed by atoms with Gasteiger partial charge >= 0.3 is 0 Å². The highest BCUT2D eigenvalue weighted by Crippen LogP contribution is 2.20. The first-order chi connectivity index (χ1) is 9.13. The van der Waals surface area contributed by atoms with Crippen LogP contribution in [0.1, 0.15) is 28.2 Å². The topological polar surface area (TPSA) is 54.0 Å². The lowest BCUT2D eigenvalue weighted by Gasteiger charge is -2.13. The van der Waals surface area contributed by atoms with Crippen LogP contribution < -0.4 is 10.6 Å². The van der Waals surface area contributed by atoms with Gasteiger partial charge in [-0.2, -0.15) is 0 Å². The maximum absolute atomic E-state index is 13.9. The van der Waals surface area contributed by atoms with Crippen molar-refractivity contribution < 1.29 is 9.18 Å². The second kappa shape index (κ2) is 5.79. The highest BCUT2D eigenvalue weighted by molar-refractivity contribution is 7.10. The van der Waals surface area contributed by atoms with Crippen molar-refractivity contribution in [1.82, 2.24) is 10.3 Å². The highest BCUT2D eigenvalue weighted by Gasteiger charge is 2.18. The van der Waals surface area contributed by atoms with Gasteiger partial charge in [0.05, 0.1) is 11.6 Å². The Balaban J connectivity index is 2.16. The first-order valence-electron chi connectivity index (χ1n) is 5.80. The molecule has 100 valence electrons. The van der Waals surface area contributed by atoms with Crippen LogP contribution in [0.15, 0.2) is 29.8 Å². The number of nitrogens with zero attached hydrogens (tertiary/aromatic N) is 1. The Labute approximate surface area is 114 Å². The number of halogens is 1. The van der Waals surface area contributed by atoms with E-state index in [9.17, 15) is 9.18 Å². The van der Waals surface area contributed by atoms with Crippen LogP contribution >= 0.6 is 11.3 Å². The fourth-order valence-electron chi connectivity index (χ4n) is 1.68. The molecule has 19 heavy (non-hydrogen) atoms. The molecule has 0 aromatic carbocycles. The van der Waals surface area contributed by atoms with E-state index in [1.165, 1.54) is 12.3 Å². The summed E-state index contributed by atoms with van der Waals surface area (Å²) in [5.74, 6) is -1.02. The molecule has 0 aliphatic rings. The Morgan fingerprint density at radius 3 is 2.89 bits per heavy atom. The van der Waals surface area contributed by atoms with Crippen molar-refractivity contribution >= 4 is 23.1 Å². The molecule has 6 heteroatoms. The van der Waals surface area contributed by atoms with Gasteiger partial charge in [-0.1, -0.05) is 6.07 Å². The number of nitrogens with one attached hydrogen (secondary N) is 2. The predicted octanol–water partition coefficient (Wildman–Crippen LogP) is 2.81. The lowest BCUT2D eigenvalue weighted by atomic mass is 10.2. The summed E-state index contributed by atoms with van der Waals surface area (Å²) in [6.07, 6.45) is 1.40. The van der Waals surface area contributed by atoms with Gasteiger partial charge in [0.25, 0.3) is 5.91 Å². The second-order valence-electron chi connectivity index (χ2n) is 3.98. The van der Waals surface area contributed by atoms with E-state index in [2.05, 4.69) is 15.6 Å². The summed E-state index contributed by atoms with van der Waals surface area (Å²) >= 11 is 1.55. The minimum atomic E-state index is -0.638. The van der Waals surface area contributed by atoms with Gasteiger partial charge in [0.15, 0.2) is 11.6 Å². The molecule has 2 heterocycles. The zero-order valence-corrected chi connectivity index (χ0v) is 11.4. The lowest BCUT2D eigenvalue weighted by molar-refractivity contribution is 0.0936. The van der Waals surface area contributed by atoms with Crippen molar-refractivity contribution in [2.45, 2.75) is 13.0 Å². The Bertz CT molecular complexity index is 571. The van der Waals surface area contributed by atoms with Gasteiger partial charge in [-0.05, 0) is 24.4 Å². The molecule has 1 amide bonds. The third kappa shape index (κ3) is 2.90. The summed E-state index contributed by atoms with van der Waals surface area (Å²) in [5, 5.41) is 7.31. The fourth-order valence-corrected chi connectivity index (χ4v) is 2.41. The number of hydrogen-bond donors (Lipinski definition) is 2. The number of carbonyl (C=O) groups excluding carboxylic acids is 1. The molecule has 0 fully saturated rings. The molecule has 2 N–H and O–H groups in total. The molecule has 1 unspecified atom stereocenters. The van der Waals surface area contributed by atoms with Gasteiger partial charge in [-0.15, -0.1) is 11.3 Å². The van der Waals surface area contributed by atoms with E-state index in [1.807, 2.05) is 24.4 Å². The molecule has 0 radical (unpaired) electrons. The standard InChI is InChI=1S/C13H14FN3OS/c1-8(10-4-3-7-19-10)17-13(18)9-5-6-16-12(15-2)11(9)14/h3-8H,1-2H3,(H,15,16)(H,17,18). The Hall–Kier alpha value is -1.95. The number of rotatable bonds is 4. The Morgan fingerprint density at radius 2 is 2.26 bits per heavy atom. The maximum Gasteiger partial charge on any atom is 0.254 e. The summed E-state index contributed by atoms with van der Waals surface area (Å²) in [6, 6.07) is 5.05. The third-order valence-electron chi connectivity index (χ3n) is 2.69. The number of aromatic nitrogens is 1. The molecule has 4 nitrogen and oxygen atoms in total. The lowest BCUT2D eigenvalue weighted by Crippen LogP contribution is -2.27. The van der Waals surface area contributed by atoms with Gasteiger partial charge in [0.1, 0.15) is 0 Å². The first-order valence-corrected chi connectivity index (χ1v) is 6.68. The minimum absolute atomic E-state index is 0.0113. The zero-order valence-electron chi connectivity index (χ0n) is 10.6. The molecule has 2 aromatic rings. The molecule has 0 spiro atoms. The van der Waals surface area contributed by atoms with Crippen LogP contribution in [0.2, 0.25) is 0 Å². The molecule has 0 aliphatic heterocycles. The predicted molar refractivity (Wildman–Crippen MR) is 73.9 cm³/mol. The maximum atomic E-state index is 13.9. The van der Waals surface area contributed by atoms with Crippen LogP contribution in [0.25, 0.3) is 0 Å². The van der Waals surface area contributed by atoms with Crippen molar-refractivity contribution in [3.05, 3.63) is 46.0 Å². The number of amides is 1. The van der Waals surface area contributed by atoms with Crippen LogP contribution in [0.4, 0.5) is 10.2 Å². The first kappa shape index (κ1) is 13.5. The molecule has 2 aromatic heterocycles. The summed E-state index contributed by atoms with van der Waals surface area (Å²) in [6.45, 7) is 1.86. The monoisotopic (exact) mass is 279 g/mol. The number of carbonyl (C=O) groups is 1. The highest BCUT2D eigenvalue weighted by atomic mass is 32.1. The van der Waals surface area contributed by atoms with E-state index in [4.69, 9.17) is 0 Å². The van der Waals surface area contributed by atoms with Crippen molar-refractivity contribution in [2.75, 3.05) is 12.4 Å². The SMILES string of the molecule is CNc1nccc(C(=O)NC(C)c2cccs2)c1F. The average molecular weight is 279 g/mol. The van der Waals surface area contributed by atoms with Crippen LogP contribution in [0, 0.1) is 5.82 Å². The molecule has 0 saturated heterocycles. The third-order valence-corrected chi connectivity index (χ3v) is 3.74. The fraction of sp³-hybridized carbons (Fsp3) is 0.231. The summed E-state index contributed by atoms with van der Waals surface area (Å²) < 4.78 is 13.9. The van der Waals surface area contributed by atoms with E-state index in [0.29, 0.717) is 0 Å². The molecule has 2 rings (SSSR count). The van der Waals surface area contributed by atoms with Crippen molar-refractivity contribution in [2.24, 2.45) is 0 Å². The van der Waals surface area contributed by atoms with Crippen molar-refractivity contribution in [1.29, 1.82) is 0 Å². The minimum Gasteiger partial charge on any atom is -0.371 e. The average Bonchev–Trinajstić information content (AvgIpc) is 2.92. The number of pyridine rings is 1. The summed E-state index contributed by atoms with van der Waals surface area (Å²) in [5.41, 5.74) is -0.0113. The van der Waals surface area contributed by atoms with Crippen molar-refractivity contribution in [3.63, 3.8) is 0 Å². The molecule has 0 saturated carbocycles. The Kier molecular flexibility index (Phi) is 4.11. The van der Waals surface area contributed by atoms with E-state index < -0.39 is 11.7 Å². The van der Waals surface area contributed by atoms with Gasteiger partial charge in [0.2, 0.25) is 0 Å². The van der Waals surface area contributed by atoms with Crippen LogP contribution in [-0.2, 0) is 0 Å². The molecule has 0 bridgehead atoms. The quantitative estimate of drug-likeness (QED) is 0.905. The smallest absolute Gasteiger partial charge is 0.254 e. The molecule has 1 atom stereocenters. The van der Waals surface area contributed by atoms with Crippen LogP contribution in [0.3, 0.4) is 0 Å². The number of anilines is 1. The van der Waals surface area contributed by atoms with Crippen LogP contribution in [0.5, 0.6) is 0 Å². The van der Waals surface area contributed by atoms with Gasteiger partial charge in [-0.3, -0.25) is 4.79 Å². The van der Waals surface area contributed by atoms with E-state index in [0.717, 1.165) is 4.88 Å². The Morgan fingerprint density at radius 1 is 1.47 bits per heavy atom. The van der Waals surface area contributed by atoms with Crippen molar-refractivity contribution in [3.8, 4) is 0 Å². The van der Waals surface area contributed by atoms with E-state index in [-0.39, 0.29) is 17.4 Å². The molecule has 0 aliphatic carbocycles. The van der Waals surface area contributed by atoms with E-state index in [1.54, 1.807) is 18.4 Å². The number of thiophene rings is 1. The largest absolute Gasteiger partial charge is 0.371 e. The normalized spacial score (nSPS) is 11.9. The number of hydrogen-bond acceptors (Lipinski definition) is 4. The molecular weight excluding hydrogens is 265 g/mol. The molecular formula is C13H14FN3OS. The van der Waals surface area contributed by atoms with Gasteiger partial charge in [0, 0.05) is 18.1 Å². The van der Waals surface area contributed by atoms with E-state index >= 15 is 0 Å². The van der Waals surface area contributed by atoms with Gasteiger partial charge in [-0.25, -0.2) is 9.37 Å². The van der Waals surface area contributed by atoms with Gasteiger partial charge < -0.3 is 10.6 Å². The van der Waals surface area contributed by atoms with Crippen LogP contribution in [-0.4, -0.2) is 17.9 Å². The summed E-state index contributed by atoms with van der Waals surface area (Å²) in [4.78, 5) is 16.9. The zero-order chi connectivity index (χ0) is 13.8. The second-order valence-corrected chi connectivity index (χ2v) is 4.96. The summed E-state index contributed by atoms with van der Waals surface area (Å²) in [7, 11) is 1.56.